The second-order valence-electron chi connectivity index (χ2n) is 5.11. The minimum absolute atomic E-state index is 0.664. The Morgan fingerprint density at radius 1 is 1.25 bits per heavy atom. The van der Waals surface area contributed by atoms with Crippen molar-refractivity contribution >= 4 is 0 Å². The Bertz CT molecular complexity index is 182. The number of nitrogens with one attached hydrogen (secondary N) is 1. The fourth-order valence-electron chi connectivity index (χ4n) is 3.15. The molecule has 0 aromatic heterocycles. The van der Waals surface area contributed by atoms with Crippen molar-refractivity contribution in [3.63, 3.8) is 0 Å². The number of nitrogens with zero attached hydrogens (tertiary/aromatic N) is 1. The van der Waals surface area contributed by atoms with E-state index in [-0.39, 0.29) is 0 Å². The van der Waals surface area contributed by atoms with E-state index in [2.05, 4.69) is 37.9 Å². The van der Waals surface area contributed by atoms with Crippen molar-refractivity contribution in [3.05, 3.63) is 0 Å². The van der Waals surface area contributed by atoms with Crippen molar-refractivity contribution in [2.75, 3.05) is 13.1 Å². The van der Waals surface area contributed by atoms with Crippen molar-refractivity contribution in [1.29, 1.82) is 0 Å². The summed E-state index contributed by atoms with van der Waals surface area (Å²) in [5, 5.41) is 3.63. The number of hydrogen-bond donors (Lipinski definition) is 1. The first-order valence-corrected chi connectivity index (χ1v) is 7.23. The summed E-state index contributed by atoms with van der Waals surface area (Å²) in [5.41, 5.74) is 0. The lowest BCUT2D eigenvalue weighted by Gasteiger charge is -2.42. The summed E-state index contributed by atoms with van der Waals surface area (Å²) in [7, 11) is 0. The maximum atomic E-state index is 3.63. The third-order valence-electron chi connectivity index (χ3n) is 4.16. The van der Waals surface area contributed by atoms with Gasteiger partial charge in [-0.1, -0.05) is 27.2 Å². The molecular formula is C14H30N2. The largest absolute Gasteiger partial charge is 0.313 e. The molecule has 1 saturated heterocycles. The van der Waals surface area contributed by atoms with Gasteiger partial charge in [0.05, 0.1) is 0 Å². The molecule has 3 unspecified atom stereocenters. The lowest BCUT2D eigenvalue weighted by atomic mass is 9.95. The molecule has 2 heteroatoms. The summed E-state index contributed by atoms with van der Waals surface area (Å²) >= 11 is 0. The predicted octanol–water partition coefficient (Wildman–Crippen LogP) is 3.03. The molecule has 0 aromatic rings. The zero-order valence-corrected chi connectivity index (χ0v) is 11.6. The van der Waals surface area contributed by atoms with Gasteiger partial charge in [0.15, 0.2) is 0 Å². The quantitative estimate of drug-likeness (QED) is 0.749. The van der Waals surface area contributed by atoms with E-state index in [1.807, 2.05) is 0 Å². The van der Waals surface area contributed by atoms with E-state index < -0.39 is 0 Å². The number of likely N-dealkylation sites (tertiary alicyclic amines) is 1. The molecule has 2 nitrogen and oxygen atoms in total. The van der Waals surface area contributed by atoms with E-state index in [4.69, 9.17) is 0 Å². The van der Waals surface area contributed by atoms with Crippen LogP contribution in [0.5, 0.6) is 0 Å². The molecule has 1 aliphatic heterocycles. The predicted molar refractivity (Wildman–Crippen MR) is 71.9 cm³/mol. The van der Waals surface area contributed by atoms with Crippen molar-refractivity contribution in [2.45, 2.75) is 77.9 Å². The van der Waals surface area contributed by atoms with Crippen LogP contribution in [0.2, 0.25) is 0 Å². The fourth-order valence-corrected chi connectivity index (χ4v) is 3.15. The molecule has 1 N–H and O–H groups in total. The van der Waals surface area contributed by atoms with E-state index in [9.17, 15) is 0 Å². The molecule has 0 aliphatic carbocycles. The van der Waals surface area contributed by atoms with Crippen molar-refractivity contribution in [1.82, 2.24) is 10.2 Å². The Morgan fingerprint density at radius 3 is 2.56 bits per heavy atom. The molecule has 1 heterocycles. The second-order valence-corrected chi connectivity index (χ2v) is 5.11. The highest BCUT2D eigenvalue weighted by Gasteiger charge is 2.28. The standard InChI is InChI=1S/C14H30N2/c1-5-13-10-8-9-11-16(13)12(4)14(6-2)15-7-3/h12-15H,5-11H2,1-4H3. The zero-order chi connectivity index (χ0) is 12.0. The molecule has 96 valence electrons. The maximum Gasteiger partial charge on any atom is 0.0223 e. The van der Waals surface area contributed by atoms with Gasteiger partial charge in [0.25, 0.3) is 0 Å². The Labute approximate surface area is 102 Å². The molecule has 0 saturated carbocycles. The van der Waals surface area contributed by atoms with Crippen LogP contribution in [0.25, 0.3) is 0 Å². The van der Waals surface area contributed by atoms with Gasteiger partial charge < -0.3 is 5.32 Å². The molecule has 16 heavy (non-hydrogen) atoms. The van der Waals surface area contributed by atoms with Crippen LogP contribution in [-0.4, -0.2) is 36.1 Å². The van der Waals surface area contributed by atoms with Crippen LogP contribution in [-0.2, 0) is 0 Å². The van der Waals surface area contributed by atoms with Gasteiger partial charge in [0.1, 0.15) is 0 Å². The van der Waals surface area contributed by atoms with Gasteiger partial charge in [-0.05, 0) is 45.7 Å². The molecule has 0 spiro atoms. The number of piperidine rings is 1. The van der Waals surface area contributed by atoms with Crippen LogP contribution in [0, 0.1) is 0 Å². The third kappa shape index (κ3) is 3.46. The third-order valence-corrected chi connectivity index (χ3v) is 4.16. The normalized spacial score (nSPS) is 26.6. The van der Waals surface area contributed by atoms with E-state index in [0.29, 0.717) is 12.1 Å². The van der Waals surface area contributed by atoms with Gasteiger partial charge in [-0.25, -0.2) is 0 Å². The SMILES string of the molecule is CCNC(CC)C(C)N1CCCCC1CC. The van der Waals surface area contributed by atoms with Crippen LogP contribution in [0.1, 0.15) is 59.8 Å². The average molecular weight is 226 g/mol. The van der Waals surface area contributed by atoms with Gasteiger partial charge >= 0.3 is 0 Å². The maximum absolute atomic E-state index is 3.63. The topological polar surface area (TPSA) is 15.3 Å². The Hall–Kier alpha value is -0.0800. The molecule has 1 rings (SSSR count). The highest BCUT2D eigenvalue weighted by Crippen LogP contribution is 2.23. The second kappa shape index (κ2) is 7.29. The van der Waals surface area contributed by atoms with Crippen molar-refractivity contribution < 1.29 is 0 Å². The first-order valence-electron chi connectivity index (χ1n) is 7.23. The summed E-state index contributed by atoms with van der Waals surface area (Å²) in [6, 6.07) is 2.18. The fraction of sp³-hybridized carbons (Fsp3) is 1.00. The van der Waals surface area contributed by atoms with E-state index in [1.165, 1.54) is 38.6 Å². The highest BCUT2D eigenvalue weighted by atomic mass is 15.2. The Balaban J connectivity index is 2.57. The molecule has 1 aliphatic rings. The van der Waals surface area contributed by atoms with Crippen LogP contribution in [0.3, 0.4) is 0 Å². The summed E-state index contributed by atoms with van der Waals surface area (Å²) in [6.45, 7) is 11.7. The van der Waals surface area contributed by atoms with Crippen molar-refractivity contribution in [2.24, 2.45) is 0 Å². The van der Waals surface area contributed by atoms with Crippen LogP contribution in [0.15, 0.2) is 0 Å². The number of rotatable bonds is 6. The zero-order valence-electron chi connectivity index (χ0n) is 11.6. The Kier molecular flexibility index (Phi) is 6.37. The Morgan fingerprint density at radius 2 is 2.00 bits per heavy atom. The molecule has 1 fully saturated rings. The van der Waals surface area contributed by atoms with Gasteiger partial charge in [-0.3, -0.25) is 4.90 Å². The number of hydrogen-bond acceptors (Lipinski definition) is 2. The first kappa shape index (κ1) is 14.0. The highest BCUT2D eigenvalue weighted by molar-refractivity contribution is 4.86. The molecule has 3 atom stereocenters. The van der Waals surface area contributed by atoms with Crippen LogP contribution in [0.4, 0.5) is 0 Å². The molecule has 0 aromatic carbocycles. The van der Waals surface area contributed by atoms with Gasteiger partial charge in [0, 0.05) is 18.1 Å². The molecule has 0 amide bonds. The lowest BCUT2D eigenvalue weighted by Crippen LogP contribution is -2.53. The van der Waals surface area contributed by atoms with E-state index in [0.717, 1.165) is 12.6 Å². The molecule has 0 bridgehead atoms. The first-order chi connectivity index (χ1) is 7.74. The van der Waals surface area contributed by atoms with E-state index in [1.54, 1.807) is 0 Å². The van der Waals surface area contributed by atoms with Crippen LogP contribution < -0.4 is 5.32 Å². The minimum atomic E-state index is 0.664. The van der Waals surface area contributed by atoms with Crippen molar-refractivity contribution in [3.8, 4) is 0 Å². The summed E-state index contributed by atoms with van der Waals surface area (Å²) in [5.74, 6) is 0. The smallest absolute Gasteiger partial charge is 0.0223 e. The number of likely N-dealkylation sites (N-methyl/N-ethyl adjacent to an activating group) is 1. The minimum Gasteiger partial charge on any atom is -0.313 e. The van der Waals surface area contributed by atoms with Gasteiger partial charge in [-0.15, -0.1) is 0 Å². The van der Waals surface area contributed by atoms with E-state index >= 15 is 0 Å². The molecule has 0 radical (unpaired) electrons. The summed E-state index contributed by atoms with van der Waals surface area (Å²) in [4.78, 5) is 2.75. The average Bonchev–Trinajstić information content (AvgIpc) is 2.35. The summed E-state index contributed by atoms with van der Waals surface area (Å²) < 4.78 is 0. The van der Waals surface area contributed by atoms with Crippen LogP contribution >= 0.6 is 0 Å². The summed E-state index contributed by atoms with van der Waals surface area (Å²) in [6.07, 6.45) is 6.78. The van der Waals surface area contributed by atoms with Gasteiger partial charge in [-0.2, -0.15) is 0 Å². The monoisotopic (exact) mass is 226 g/mol. The molecular weight excluding hydrogens is 196 g/mol. The van der Waals surface area contributed by atoms with Gasteiger partial charge in [0.2, 0.25) is 0 Å². The lowest BCUT2D eigenvalue weighted by molar-refractivity contribution is 0.0780.